The summed E-state index contributed by atoms with van der Waals surface area (Å²) in [7, 11) is 0. The van der Waals surface area contributed by atoms with Crippen LogP contribution in [0.5, 0.6) is 0 Å². The molecule has 0 atom stereocenters. The number of halogens is 3. The van der Waals surface area contributed by atoms with E-state index in [9.17, 15) is 0 Å². The Morgan fingerprint density at radius 2 is 1.86 bits per heavy atom. The lowest BCUT2D eigenvalue weighted by molar-refractivity contribution is 0.533. The smallest absolute Gasteiger partial charge is 0.0178 e. The van der Waals surface area contributed by atoms with Crippen molar-refractivity contribution in [3.05, 3.63) is 34.3 Å². The van der Waals surface area contributed by atoms with Crippen molar-refractivity contribution in [3.63, 3.8) is 0 Å². The van der Waals surface area contributed by atoms with E-state index < -0.39 is 0 Å². The molecule has 78 valence electrons. The van der Waals surface area contributed by atoms with Crippen LogP contribution in [0.4, 0.5) is 0 Å². The maximum atomic E-state index is 3.61. The van der Waals surface area contributed by atoms with Gasteiger partial charge < -0.3 is 0 Å². The minimum Gasteiger partial charge on any atom is -0.0918 e. The number of hydrogen-bond acceptors (Lipinski definition) is 0. The molecule has 14 heavy (non-hydrogen) atoms. The number of hydrogen-bond donors (Lipinski definition) is 0. The molecule has 0 aromatic heterocycles. The van der Waals surface area contributed by atoms with Gasteiger partial charge in [-0.3, -0.25) is 0 Å². The molecular formula is C11H13Br3. The lowest BCUT2D eigenvalue weighted by atomic mass is 9.82. The van der Waals surface area contributed by atoms with Gasteiger partial charge >= 0.3 is 0 Å². The zero-order chi connectivity index (χ0) is 10.6. The second kappa shape index (κ2) is 5.66. The van der Waals surface area contributed by atoms with E-state index in [1.807, 2.05) is 0 Å². The highest BCUT2D eigenvalue weighted by molar-refractivity contribution is 9.10. The van der Waals surface area contributed by atoms with Crippen LogP contribution in [0, 0.1) is 0 Å². The molecule has 1 aromatic rings. The zero-order valence-electron chi connectivity index (χ0n) is 8.06. The van der Waals surface area contributed by atoms with Crippen molar-refractivity contribution >= 4 is 47.8 Å². The van der Waals surface area contributed by atoms with Crippen molar-refractivity contribution in [3.8, 4) is 0 Å². The molecular weight excluding hydrogens is 372 g/mol. The summed E-state index contributed by atoms with van der Waals surface area (Å²) in [5.74, 6) is 0. The third-order valence-corrected chi connectivity index (χ3v) is 5.27. The van der Waals surface area contributed by atoms with Crippen LogP contribution in [0.2, 0.25) is 0 Å². The minimum absolute atomic E-state index is 0.212. The zero-order valence-corrected chi connectivity index (χ0v) is 12.8. The Morgan fingerprint density at radius 1 is 1.21 bits per heavy atom. The summed E-state index contributed by atoms with van der Waals surface area (Å²) < 4.78 is 1.15. The fraction of sp³-hybridized carbons (Fsp3) is 0.455. The standard InChI is InChI=1S/C11H13Br3/c1-2-11(7-12,8-13)9-4-3-5-10(14)6-9/h3-6H,2,7-8H2,1H3. The van der Waals surface area contributed by atoms with Crippen LogP contribution >= 0.6 is 47.8 Å². The average molecular weight is 385 g/mol. The quantitative estimate of drug-likeness (QED) is 0.648. The Hall–Kier alpha value is 0.660. The van der Waals surface area contributed by atoms with Crippen LogP contribution in [-0.4, -0.2) is 10.7 Å². The van der Waals surface area contributed by atoms with Crippen molar-refractivity contribution in [2.75, 3.05) is 10.7 Å². The Morgan fingerprint density at radius 3 is 2.29 bits per heavy atom. The molecule has 0 heterocycles. The molecule has 0 saturated carbocycles. The van der Waals surface area contributed by atoms with Gasteiger partial charge in [-0.05, 0) is 24.1 Å². The summed E-state index contributed by atoms with van der Waals surface area (Å²) in [6.45, 7) is 2.23. The van der Waals surface area contributed by atoms with E-state index in [0.29, 0.717) is 0 Å². The van der Waals surface area contributed by atoms with Crippen molar-refractivity contribution in [1.82, 2.24) is 0 Å². The van der Waals surface area contributed by atoms with E-state index in [1.165, 1.54) is 5.56 Å². The number of alkyl halides is 2. The van der Waals surface area contributed by atoms with Crippen LogP contribution in [0.15, 0.2) is 28.7 Å². The largest absolute Gasteiger partial charge is 0.0918 e. The first-order valence-electron chi connectivity index (χ1n) is 4.56. The van der Waals surface area contributed by atoms with Gasteiger partial charge in [0.25, 0.3) is 0 Å². The summed E-state index contributed by atoms with van der Waals surface area (Å²) in [5, 5.41) is 1.97. The first-order chi connectivity index (χ1) is 6.68. The Balaban J connectivity index is 3.10. The van der Waals surface area contributed by atoms with Gasteiger partial charge in [0.05, 0.1) is 0 Å². The third-order valence-electron chi connectivity index (χ3n) is 2.63. The van der Waals surface area contributed by atoms with E-state index in [1.54, 1.807) is 0 Å². The van der Waals surface area contributed by atoms with Crippen LogP contribution in [-0.2, 0) is 5.41 Å². The predicted molar refractivity (Wildman–Crippen MR) is 73.7 cm³/mol. The Kier molecular flexibility index (Phi) is 5.15. The van der Waals surface area contributed by atoms with Crippen molar-refractivity contribution in [2.45, 2.75) is 18.8 Å². The lowest BCUT2D eigenvalue weighted by Crippen LogP contribution is -2.29. The first-order valence-corrected chi connectivity index (χ1v) is 7.60. The summed E-state index contributed by atoms with van der Waals surface area (Å²) in [6.07, 6.45) is 1.12. The highest BCUT2D eigenvalue weighted by Crippen LogP contribution is 2.33. The molecule has 0 aliphatic heterocycles. The van der Waals surface area contributed by atoms with Gasteiger partial charge in [-0.25, -0.2) is 0 Å². The first kappa shape index (κ1) is 12.7. The highest BCUT2D eigenvalue weighted by Gasteiger charge is 2.27. The molecule has 0 bridgehead atoms. The average Bonchev–Trinajstić information content (AvgIpc) is 2.22. The molecule has 0 nitrogen and oxygen atoms in total. The molecule has 0 radical (unpaired) electrons. The maximum absolute atomic E-state index is 3.61. The van der Waals surface area contributed by atoms with Crippen LogP contribution in [0.1, 0.15) is 18.9 Å². The second-order valence-corrected chi connectivity index (χ2v) is 5.45. The minimum atomic E-state index is 0.212. The maximum Gasteiger partial charge on any atom is 0.0178 e. The fourth-order valence-electron chi connectivity index (χ4n) is 1.40. The number of rotatable bonds is 4. The molecule has 1 aromatic carbocycles. The summed E-state index contributed by atoms with van der Waals surface area (Å²) >= 11 is 10.7. The van der Waals surface area contributed by atoms with E-state index in [0.717, 1.165) is 21.6 Å². The van der Waals surface area contributed by atoms with Gasteiger partial charge in [0.15, 0.2) is 0 Å². The topological polar surface area (TPSA) is 0 Å². The van der Waals surface area contributed by atoms with Gasteiger partial charge in [0, 0.05) is 20.5 Å². The molecule has 0 N–H and O–H groups in total. The fourth-order valence-corrected chi connectivity index (χ4v) is 4.17. The van der Waals surface area contributed by atoms with Crippen LogP contribution in [0.3, 0.4) is 0 Å². The Bertz CT molecular complexity index is 284. The van der Waals surface area contributed by atoms with Gasteiger partial charge in [-0.2, -0.15) is 0 Å². The van der Waals surface area contributed by atoms with Crippen LogP contribution < -0.4 is 0 Å². The van der Waals surface area contributed by atoms with Crippen LogP contribution in [0.25, 0.3) is 0 Å². The number of benzene rings is 1. The molecule has 0 fully saturated rings. The van der Waals surface area contributed by atoms with Gasteiger partial charge in [0.2, 0.25) is 0 Å². The van der Waals surface area contributed by atoms with E-state index >= 15 is 0 Å². The molecule has 3 heteroatoms. The van der Waals surface area contributed by atoms with E-state index in [2.05, 4.69) is 79.0 Å². The molecule has 0 aliphatic carbocycles. The van der Waals surface area contributed by atoms with Gasteiger partial charge in [-0.15, -0.1) is 0 Å². The molecule has 0 spiro atoms. The molecule has 0 saturated heterocycles. The highest BCUT2D eigenvalue weighted by atomic mass is 79.9. The molecule has 0 aliphatic rings. The Labute approximate surface area is 111 Å². The summed E-state index contributed by atoms with van der Waals surface area (Å²) in [6, 6.07) is 8.55. The SMILES string of the molecule is CCC(CBr)(CBr)c1cccc(Br)c1. The second-order valence-electron chi connectivity index (χ2n) is 3.41. The van der Waals surface area contributed by atoms with Crippen molar-refractivity contribution in [1.29, 1.82) is 0 Å². The summed E-state index contributed by atoms with van der Waals surface area (Å²) in [5.41, 5.74) is 1.59. The van der Waals surface area contributed by atoms with E-state index in [4.69, 9.17) is 0 Å². The molecule has 1 rings (SSSR count). The van der Waals surface area contributed by atoms with Gasteiger partial charge in [-0.1, -0.05) is 66.8 Å². The normalized spacial score (nSPS) is 11.7. The predicted octanol–water partition coefficient (Wildman–Crippen LogP) is 4.89. The van der Waals surface area contributed by atoms with E-state index in [-0.39, 0.29) is 5.41 Å². The van der Waals surface area contributed by atoms with Crippen molar-refractivity contribution in [2.24, 2.45) is 0 Å². The third kappa shape index (κ3) is 2.61. The summed E-state index contributed by atoms with van der Waals surface area (Å²) in [4.78, 5) is 0. The molecule has 0 amide bonds. The van der Waals surface area contributed by atoms with Gasteiger partial charge in [0.1, 0.15) is 0 Å². The lowest BCUT2D eigenvalue weighted by Gasteiger charge is -2.29. The molecule has 0 unspecified atom stereocenters. The van der Waals surface area contributed by atoms with Crippen molar-refractivity contribution < 1.29 is 0 Å². The monoisotopic (exact) mass is 382 g/mol.